The van der Waals surface area contributed by atoms with E-state index < -0.39 is 17.0 Å². The first kappa shape index (κ1) is 21.1. The number of hydrogen-bond acceptors (Lipinski definition) is 0. The Morgan fingerprint density at radius 3 is 1.48 bits per heavy atom. The molecule has 0 aromatic heterocycles. The van der Waals surface area contributed by atoms with Crippen molar-refractivity contribution >= 4 is 30.0 Å². The van der Waals surface area contributed by atoms with Gasteiger partial charge in [-0.1, -0.05) is 105 Å². The molecule has 4 rings (SSSR count). The smallest absolute Gasteiger partial charge is 0.0409 e. The predicted octanol–water partition coefficient (Wildman–Crippen LogP) is 8.11. The van der Waals surface area contributed by atoms with Crippen LogP contribution in [0.15, 0.2) is 60.7 Å². The minimum Gasteiger partial charge on any atom is -0.681 e. The second-order valence-electron chi connectivity index (χ2n) is 7.33. The molecule has 0 amide bonds. The Labute approximate surface area is 180 Å². The number of halogens is 2. The van der Waals surface area contributed by atoms with E-state index in [1.54, 1.807) is 0 Å². The van der Waals surface area contributed by atoms with Crippen LogP contribution in [-0.4, -0.2) is 12.1 Å². The van der Waals surface area contributed by atoms with Crippen LogP contribution in [0.4, 0.5) is 11.4 Å². The van der Waals surface area contributed by atoms with Crippen LogP contribution in [0, 0.1) is 11.8 Å². The van der Waals surface area contributed by atoms with Crippen LogP contribution in [0.1, 0.15) is 38.5 Å². The number of rotatable bonds is 4. The summed E-state index contributed by atoms with van der Waals surface area (Å²) in [6.45, 7) is 0. The van der Waals surface area contributed by atoms with Crippen molar-refractivity contribution in [3.8, 4) is 0 Å². The molecule has 2 fully saturated rings. The summed E-state index contributed by atoms with van der Waals surface area (Å²) in [5.41, 5.74) is 2.26. The number of hydrogen-bond donors (Lipinski definition) is 0. The summed E-state index contributed by atoms with van der Waals surface area (Å²) in [6.07, 6.45) is 7.81. The van der Waals surface area contributed by atoms with Crippen molar-refractivity contribution < 1.29 is 17.0 Å². The van der Waals surface area contributed by atoms with E-state index in [1.165, 1.54) is 38.5 Å². The maximum atomic E-state index is 5.13. The maximum absolute atomic E-state index is 5.13. The second-order valence-corrected chi connectivity index (χ2v) is 9.91. The molecule has 0 saturated heterocycles. The minimum absolute atomic E-state index is 0.434. The van der Waals surface area contributed by atoms with Crippen LogP contribution < -0.4 is 0 Å². The molecule has 0 bridgehead atoms. The number of benzene rings is 2. The van der Waals surface area contributed by atoms with Crippen LogP contribution in [0.25, 0.3) is 10.6 Å². The molecule has 27 heavy (non-hydrogen) atoms. The Morgan fingerprint density at radius 2 is 1.07 bits per heavy atom. The van der Waals surface area contributed by atoms with Gasteiger partial charge in [0, 0.05) is 0 Å². The van der Waals surface area contributed by atoms with Crippen LogP contribution in [0.5, 0.6) is 0 Å². The molecule has 0 aliphatic heterocycles. The van der Waals surface area contributed by atoms with Gasteiger partial charge < -0.3 is 10.6 Å². The van der Waals surface area contributed by atoms with Crippen LogP contribution in [-0.2, 0) is 17.0 Å². The van der Waals surface area contributed by atoms with Crippen molar-refractivity contribution in [2.24, 2.45) is 11.8 Å². The summed E-state index contributed by atoms with van der Waals surface area (Å²) in [4.78, 5) is 0. The summed E-state index contributed by atoms with van der Waals surface area (Å²) < 4.78 is 0. The van der Waals surface area contributed by atoms with Gasteiger partial charge in [0.05, 0.1) is 0 Å². The fourth-order valence-electron chi connectivity index (χ4n) is 4.69. The molecule has 2 saturated carbocycles. The number of fused-ring (bicyclic) bond motifs is 1. The third kappa shape index (κ3) is 6.16. The molecule has 144 valence electrons. The summed E-state index contributed by atoms with van der Waals surface area (Å²) in [7, 11) is 9.78. The molecule has 0 heterocycles. The van der Waals surface area contributed by atoms with E-state index in [-0.39, 0.29) is 0 Å². The molecular formula is C22H26Cl2N2Ti-2. The standard InChI is InChI=1S/C22H26N2.2ClH.Ti/c1-3-11-18(12-4-1)23-20-15-7-9-17-10-8-16-21(22(17)20)24-19-13-5-2-6-14-19;;;/h1-6,11-14,17,20-22H,7-10,15-16H2;2*1H;/q-2;;;+2/p-2. The molecule has 0 spiro atoms. The number of para-hydroxylation sites is 2. The van der Waals surface area contributed by atoms with E-state index in [0.29, 0.717) is 18.0 Å². The van der Waals surface area contributed by atoms with Gasteiger partial charge in [0.25, 0.3) is 0 Å². The van der Waals surface area contributed by atoms with E-state index in [1.807, 2.05) is 0 Å². The summed E-state index contributed by atoms with van der Waals surface area (Å²) >= 11 is -0.556. The SMILES string of the molecule is [Cl][Ti][Cl].c1ccc([N-]C2CCCC3CCCC([N-]c4ccccc4)C32)cc1. The molecule has 2 aromatic rings. The molecule has 2 aromatic carbocycles. The van der Waals surface area contributed by atoms with Crippen LogP contribution >= 0.6 is 18.6 Å². The van der Waals surface area contributed by atoms with Crippen molar-refractivity contribution in [2.75, 3.05) is 0 Å². The Hall–Kier alpha value is -0.666. The second kappa shape index (κ2) is 11.4. The van der Waals surface area contributed by atoms with E-state index in [2.05, 4.69) is 60.7 Å². The van der Waals surface area contributed by atoms with Gasteiger partial charge in [0.1, 0.15) is 0 Å². The average molecular weight is 437 g/mol. The zero-order chi connectivity index (χ0) is 18.9. The fourth-order valence-corrected chi connectivity index (χ4v) is 4.69. The van der Waals surface area contributed by atoms with Gasteiger partial charge in [-0.15, -0.1) is 23.5 Å². The first-order valence-corrected chi connectivity index (χ1v) is 14.1. The molecule has 5 heteroatoms. The number of nitrogens with zero attached hydrogens (tertiary/aromatic N) is 2. The van der Waals surface area contributed by atoms with E-state index in [0.717, 1.165) is 17.3 Å². The third-order valence-corrected chi connectivity index (χ3v) is 5.72. The third-order valence-electron chi connectivity index (χ3n) is 5.72. The quantitative estimate of drug-likeness (QED) is 0.433. The van der Waals surface area contributed by atoms with Gasteiger partial charge >= 0.3 is 35.6 Å². The Bertz CT molecular complexity index is 600. The zero-order valence-corrected chi connectivity index (χ0v) is 18.5. The topological polar surface area (TPSA) is 28.2 Å². The van der Waals surface area contributed by atoms with Crippen molar-refractivity contribution in [3.63, 3.8) is 0 Å². The van der Waals surface area contributed by atoms with Gasteiger partial charge in [-0.2, -0.15) is 0 Å². The monoisotopic (exact) mass is 436 g/mol. The van der Waals surface area contributed by atoms with Crippen molar-refractivity contribution in [1.82, 2.24) is 0 Å². The predicted molar refractivity (Wildman–Crippen MR) is 113 cm³/mol. The summed E-state index contributed by atoms with van der Waals surface area (Å²) in [5, 5.41) is 10.3. The van der Waals surface area contributed by atoms with Crippen molar-refractivity contribution in [2.45, 2.75) is 50.6 Å². The van der Waals surface area contributed by atoms with Crippen LogP contribution in [0.2, 0.25) is 0 Å². The molecule has 0 radical (unpaired) electrons. The van der Waals surface area contributed by atoms with Gasteiger partial charge in [-0.3, -0.25) is 0 Å². The largest absolute Gasteiger partial charge is 0.681 e. The van der Waals surface area contributed by atoms with Gasteiger partial charge in [-0.25, -0.2) is 0 Å². The van der Waals surface area contributed by atoms with E-state index in [4.69, 9.17) is 29.2 Å². The fraction of sp³-hybridized carbons (Fsp3) is 0.455. The first-order chi connectivity index (χ1) is 13.3. The summed E-state index contributed by atoms with van der Waals surface area (Å²) in [5.74, 6) is 1.43. The molecule has 2 unspecified atom stereocenters. The maximum Gasteiger partial charge on any atom is -0.0409 e. The Morgan fingerprint density at radius 1 is 0.667 bits per heavy atom. The molecule has 2 atom stereocenters. The first-order valence-electron chi connectivity index (χ1n) is 9.80. The van der Waals surface area contributed by atoms with E-state index in [9.17, 15) is 0 Å². The normalized spacial score (nSPS) is 26.7. The van der Waals surface area contributed by atoms with E-state index >= 15 is 0 Å². The molecule has 2 aliphatic rings. The summed E-state index contributed by atoms with van der Waals surface area (Å²) in [6, 6.07) is 21.9. The molecule has 0 N–H and O–H groups in total. The minimum atomic E-state index is -0.556. The van der Waals surface area contributed by atoms with Gasteiger partial charge in [-0.05, 0) is 5.92 Å². The van der Waals surface area contributed by atoms with Gasteiger partial charge in [0.15, 0.2) is 0 Å². The Kier molecular flexibility index (Phi) is 8.86. The van der Waals surface area contributed by atoms with Crippen molar-refractivity contribution in [1.29, 1.82) is 0 Å². The molecule has 2 aliphatic carbocycles. The molecular weight excluding hydrogens is 411 g/mol. The average Bonchev–Trinajstić information content (AvgIpc) is 2.70. The van der Waals surface area contributed by atoms with Gasteiger partial charge in [0.2, 0.25) is 0 Å². The molecule has 2 nitrogen and oxygen atoms in total. The zero-order valence-electron chi connectivity index (χ0n) is 15.5. The van der Waals surface area contributed by atoms with Crippen LogP contribution in [0.3, 0.4) is 0 Å². The Balaban J connectivity index is 0.000000659. The van der Waals surface area contributed by atoms with Crippen molar-refractivity contribution in [3.05, 3.63) is 71.3 Å².